The maximum absolute atomic E-state index is 7.57. The van der Waals surface area contributed by atoms with Crippen LogP contribution in [-0.4, -0.2) is 23.9 Å². The summed E-state index contributed by atoms with van der Waals surface area (Å²) >= 11 is 0. The van der Waals surface area contributed by atoms with Crippen LogP contribution in [0, 0.1) is 0 Å². The van der Waals surface area contributed by atoms with Gasteiger partial charge in [0.15, 0.2) is 0 Å². The summed E-state index contributed by atoms with van der Waals surface area (Å²) in [5, 5.41) is 14.6. The van der Waals surface area contributed by atoms with Crippen LogP contribution in [0.15, 0.2) is 26.3 Å². The van der Waals surface area contributed by atoms with Crippen LogP contribution in [0.1, 0.15) is 6.92 Å². The van der Waals surface area contributed by atoms with Gasteiger partial charge in [-0.3, -0.25) is 0 Å². The first-order valence-corrected chi connectivity index (χ1v) is 2.47. The number of aliphatic hydroxyl groups excluding tert-OH is 2. The van der Waals surface area contributed by atoms with Gasteiger partial charge in [0, 0.05) is 13.7 Å². The van der Waals surface area contributed by atoms with Gasteiger partial charge in [-0.2, -0.15) is 0 Å². The Morgan fingerprint density at radius 3 is 1.00 bits per heavy atom. The van der Waals surface area contributed by atoms with Crippen LogP contribution in [0.5, 0.6) is 0 Å². The van der Waals surface area contributed by atoms with Crippen molar-refractivity contribution in [2.45, 2.75) is 6.92 Å². The minimum absolute atomic E-state index is 0.250. The standard InChI is InChI=1S/C2H6O.2C2H4.CH4O/c1-2-3;3*1-2/h3H,2H2,1H3;2*1-2H2;2H,1H3. The van der Waals surface area contributed by atoms with E-state index in [4.69, 9.17) is 10.2 Å². The Balaban J connectivity index is -0.0000000190. The second kappa shape index (κ2) is 1890. The molecular formula is C7H18O2. The monoisotopic (exact) mass is 134 g/mol. The minimum Gasteiger partial charge on any atom is -0.400 e. The van der Waals surface area contributed by atoms with Crippen LogP contribution in [0.3, 0.4) is 0 Å². The Bertz CT molecular complexity index is 14.4. The fourth-order valence-corrected chi connectivity index (χ4v) is 0. The topological polar surface area (TPSA) is 40.5 Å². The number of hydrogen-bond donors (Lipinski definition) is 2. The molecule has 0 unspecified atom stereocenters. The van der Waals surface area contributed by atoms with E-state index in [1.165, 1.54) is 0 Å². The predicted molar refractivity (Wildman–Crippen MR) is 43.4 cm³/mol. The molecule has 58 valence electrons. The molecule has 2 N–H and O–H groups in total. The minimum atomic E-state index is 0.250. The summed E-state index contributed by atoms with van der Waals surface area (Å²) in [6.45, 7) is 13.9. The average molecular weight is 134 g/mol. The molecule has 0 aromatic carbocycles. The summed E-state index contributed by atoms with van der Waals surface area (Å²) in [7, 11) is 1.00. The molecule has 0 atom stereocenters. The zero-order valence-corrected chi connectivity index (χ0v) is 6.43. The summed E-state index contributed by atoms with van der Waals surface area (Å²) in [5.41, 5.74) is 0. The van der Waals surface area contributed by atoms with Crippen LogP contribution in [0.2, 0.25) is 0 Å². The van der Waals surface area contributed by atoms with Crippen LogP contribution in [0.25, 0.3) is 0 Å². The van der Waals surface area contributed by atoms with Crippen molar-refractivity contribution in [3.63, 3.8) is 0 Å². The summed E-state index contributed by atoms with van der Waals surface area (Å²) in [6, 6.07) is 0. The fraction of sp³-hybridized carbons (Fsp3) is 0.429. The molecule has 0 rings (SSSR count). The van der Waals surface area contributed by atoms with Crippen LogP contribution >= 0.6 is 0 Å². The molecule has 0 fully saturated rings. The van der Waals surface area contributed by atoms with Gasteiger partial charge in [-0.15, -0.1) is 26.3 Å². The van der Waals surface area contributed by atoms with Crippen LogP contribution in [0.4, 0.5) is 0 Å². The molecule has 0 amide bonds. The first kappa shape index (κ1) is 23.8. The number of hydrogen-bond acceptors (Lipinski definition) is 2. The Hall–Kier alpha value is -0.600. The van der Waals surface area contributed by atoms with E-state index in [9.17, 15) is 0 Å². The summed E-state index contributed by atoms with van der Waals surface area (Å²) in [4.78, 5) is 0. The SMILES string of the molecule is C=C.C=C.CCO.CO. The van der Waals surface area contributed by atoms with Crippen molar-refractivity contribution < 1.29 is 10.2 Å². The van der Waals surface area contributed by atoms with Gasteiger partial charge >= 0.3 is 0 Å². The largest absolute Gasteiger partial charge is 0.400 e. The smallest absolute Gasteiger partial charge is 0.0402 e. The molecule has 0 bridgehead atoms. The van der Waals surface area contributed by atoms with Crippen LogP contribution < -0.4 is 0 Å². The van der Waals surface area contributed by atoms with Gasteiger partial charge in [-0.1, -0.05) is 0 Å². The quantitative estimate of drug-likeness (QED) is 0.489. The van der Waals surface area contributed by atoms with Gasteiger partial charge in [-0.05, 0) is 6.92 Å². The molecule has 0 aromatic rings. The van der Waals surface area contributed by atoms with Gasteiger partial charge < -0.3 is 10.2 Å². The van der Waals surface area contributed by atoms with Crippen molar-refractivity contribution >= 4 is 0 Å². The lowest BCUT2D eigenvalue weighted by Gasteiger charge is -1.52. The third kappa shape index (κ3) is 599. The molecular weight excluding hydrogens is 116 g/mol. The van der Waals surface area contributed by atoms with Crippen molar-refractivity contribution in [1.82, 2.24) is 0 Å². The maximum atomic E-state index is 7.57. The van der Waals surface area contributed by atoms with E-state index in [0.29, 0.717) is 0 Å². The molecule has 0 saturated carbocycles. The molecule has 0 aromatic heterocycles. The molecule has 0 aliphatic carbocycles. The summed E-state index contributed by atoms with van der Waals surface area (Å²) < 4.78 is 0. The van der Waals surface area contributed by atoms with E-state index in [1.807, 2.05) is 0 Å². The van der Waals surface area contributed by atoms with Crippen molar-refractivity contribution in [3.8, 4) is 0 Å². The lowest BCUT2D eigenvalue weighted by atomic mass is 10.9. The van der Waals surface area contributed by atoms with Crippen molar-refractivity contribution in [2.75, 3.05) is 13.7 Å². The summed E-state index contributed by atoms with van der Waals surface area (Å²) in [6.07, 6.45) is 0. The molecule has 0 spiro atoms. The van der Waals surface area contributed by atoms with E-state index in [-0.39, 0.29) is 6.61 Å². The molecule has 0 saturated heterocycles. The predicted octanol–water partition coefficient (Wildman–Crippen LogP) is 1.21. The van der Waals surface area contributed by atoms with Gasteiger partial charge in [0.2, 0.25) is 0 Å². The molecule has 0 aliphatic rings. The molecule has 2 heteroatoms. The molecule has 0 radical (unpaired) electrons. The van der Waals surface area contributed by atoms with E-state index < -0.39 is 0 Å². The van der Waals surface area contributed by atoms with Crippen molar-refractivity contribution in [3.05, 3.63) is 26.3 Å². The van der Waals surface area contributed by atoms with Gasteiger partial charge in [0.05, 0.1) is 0 Å². The molecule has 9 heavy (non-hydrogen) atoms. The van der Waals surface area contributed by atoms with Crippen molar-refractivity contribution in [1.29, 1.82) is 0 Å². The Morgan fingerprint density at radius 1 is 1.00 bits per heavy atom. The van der Waals surface area contributed by atoms with E-state index in [2.05, 4.69) is 26.3 Å². The van der Waals surface area contributed by atoms with E-state index >= 15 is 0 Å². The van der Waals surface area contributed by atoms with E-state index in [0.717, 1.165) is 7.11 Å². The highest BCUT2D eigenvalue weighted by Gasteiger charge is 1.34. The number of aliphatic hydroxyl groups is 2. The Kier molecular flexibility index (Phi) is 5000. The average Bonchev–Trinajstić information content (AvgIpc) is 2.01. The highest BCUT2D eigenvalue weighted by molar-refractivity contribution is 4.22. The zero-order valence-electron chi connectivity index (χ0n) is 6.43. The molecule has 0 aliphatic heterocycles. The zero-order chi connectivity index (χ0) is 8.71. The lowest BCUT2D eigenvalue weighted by molar-refractivity contribution is 0.318. The lowest BCUT2D eigenvalue weighted by Crippen LogP contribution is -1.57. The van der Waals surface area contributed by atoms with Crippen molar-refractivity contribution in [2.24, 2.45) is 0 Å². The molecule has 0 heterocycles. The summed E-state index contributed by atoms with van der Waals surface area (Å²) in [5.74, 6) is 0. The first-order valence-electron chi connectivity index (χ1n) is 2.47. The second-order valence-electron chi connectivity index (χ2n) is 0.316. The number of rotatable bonds is 0. The Morgan fingerprint density at radius 2 is 1.00 bits per heavy atom. The first-order chi connectivity index (χ1) is 4.41. The van der Waals surface area contributed by atoms with Gasteiger partial charge in [-0.25, -0.2) is 0 Å². The highest BCUT2D eigenvalue weighted by Crippen LogP contribution is 1.30. The maximum Gasteiger partial charge on any atom is 0.0402 e. The van der Waals surface area contributed by atoms with E-state index in [1.54, 1.807) is 6.92 Å². The fourth-order valence-electron chi connectivity index (χ4n) is 0. The third-order valence-electron chi connectivity index (χ3n) is 0. The second-order valence-corrected chi connectivity index (χ2v) is 0.316. The third-order valence-corrected chi connectivity index (χ3v) is 0. The molecule has 2 nitrogen and oxygen atoms in total. The Labute approximate surface area is 58.2 Å². The van der Waals surface area contributed by atoms with Gasteiger partial charge in [0.25, 0.3) is 0 Å². The normalized spacial score (nSPS) is 3.56. The highest BCUT2D eigenvalue weighted by atomic mass is 16.2. The van der Waals surface area contributed by atoms with Crippen LogP contribution in [-0.2, 0) is 0 Å². The van der Waals surface area contributed by atoms with Gasteiger partial charge in [0.1, 0.15) is 0 Å².